The Morgan fingerprint density at radius 3 is 2.52 bits per heavy atom. The van der Waals surface area contributed by atoms with Crippen LogP contribution in [0.3, 0.4) is 0 Å². The summed E-state index contributed by atoms with van der Waals surface area (Å²) in [6.07, 6.45) is -2.58. The number of nitrogens with zero attached hydrogens (tertiary/aromatic N) is 1. The number of nitrogens with one attached hydrogen (secondary N) is 3. The molecule has 29 heavy (non-hydrogen) atoms. The van der Waals surface area contributed by atoms with Crippen molar-refractivity contribution in [1.29, 1.82) is 0 Å². The Balaban J connectivity index is 2.61. The average Bonchev–Trinajstić information content (AvgIpc) is 2.63. The van der Waals surface area contributed by atoms with Crippen molar-refractivity contribution in [1.82, 2.24) is 15.4 Å². The van der Waals surface area contributed by atoms with Crippen LogP contribution >= 0.6 is 0 Å². The molecule has 0 amide bonds. The highest BCUT2D eigenvalue weighted by molar-refractivity contribution is 7.88. The number of sulfonamides is 1. The molecule has 166 valence electrons. The van der Waals surface area contributed by atoms with Crippen LogP contribution in [0.4, 0.5) is 13.2 Å². The Morgan fingerprint density at radius 1 is 1.21 bits per heavy atom. The van der Waals surface area contributed by atoms with Crippen LogP contribution in [0.15, 0.2) is 29.3 Å². The van der Waals surface area contributed by atoms with E-state index in [1.165, 1.54) is 12.1 Å². The van der Waals surface area contributed by atoms with Crippen molar-refractivity contribution < 1.29 is 26.3 Å². The Kier molecular flexibility index (Phi) is 10.2. The second kappa shape index (κ2) is 11.9. The molecular weight excluding hydrogens is 409 g/mol. The predicted molar refractivity (Wildman–Crippen MR) is 108 cm³/mol. The van der Waals surface area contributed by atoms with Crippen LogP contribution in [0.1, 0.15) is 32.3 Å². The number of benzene rings is 1. The molecule has 0 saturated heterocycles. The molecule has 1 aromatic rings. The van der Waals surface area contributed by atoms with Gasteiger partial charge in [0.2, 0.25) is 10.0 Å². The maximum atomic E-state index is 12.8. The van der Waals surface area contributed by atoms with E-state index in [2.05, 4.69) is 20.3 Å². The summed E-state index contributed by atoms with van der Waals surface area (Å²) in [6, 6.07) is 4.77. The summed E-state index contributed by atoms with van der Waals surface area (Å²) in [5.74, 6) is 0.671. The molecule has 0 spiro atoms. The molecule has 0 aliphatic rings. The summed E-state index contributed by atoms with van der Waals surface area (Å²) in [5, 5.41) is 6.14. The Labute approximate surface area is 170 Å². The van der Waals surface area contributed by atoms with Crippen molar-refractivity contribution in [3.05, 3.63) is 29.8 Å². The van der Waals surface area contributed by atoms with Gasteiger partial charge in [-0.2, -0.15) is 13.2 Å². The normalized spacial score (nSPS) is 13.8. The highest BCUT2D eigenvalue weighted by atomic mass is 32.2. The zero-order chi connectivity index (χ0) is 21.9. The molecule has 1 atom stereocenters. The largest absolute Gasteiger partial charge is 0.488 e. The lowest BCUT2D eigenvalue weighted by Crippen LogP contribution is -2.39. The van der Waals surface area contributed by atoms with Gasteiger partial charge in [0, 0.05) is 19.6 Å². The third-order valence-electron chi connectivity index (χ3n) is 3.73. The van der Waals surface area contributed by atoms with Gasteiger partial charge in [-0.3, -0.25) is 0 Å². The average molecular weight is 439 g/mol. The van der Waals surface area contributed by atoms with Crippen LogP contribution < -0.4 is 20.1 Å². The lowest BCUT2D eigenvalue weighted by molar-refractivity contribution is -0.137. The van der Waals surface area contributed by atoms with E-state index in [0.29, 0.717) is 38.4 Å². The molecule has 0 radical (unpaired) electrons. The number of hydrogen-bond donors (Lipinski definition) is 3. The van der Waals surface area contributed by atoms with E-state index in [9.17, 15) is 21.6 Å². The van der Waals surface area contributed by atoms with Gasteiger partial charge < -0.3 is 15.4 Å². The number of halogens is 3. The van der Waals surface area contributed by atoms with Gasteiger partial charge in [0.1, 0.15) is 11.9 Å². The number of alkyl halides is 3. The molecule has 0 aliphatic carbocycles. The standard InChI is InChI=1S/C18H29F3N4O3S/c1-4-15(28-16-9-6-8-14(12-16)18(19,20)21)13-24-17(22-5-2)23-10-7-11-25-29(3,26)27/h6,8-9,12,15,25H,4-5,7,10-11,13H2,1-3H3,(H2,22,23,24). The fraction of sp³-hybridized carbons (Fsp3) is 0.611. The van der Waals surface area contributed by atoms with Crippen molar-refractivity contribution in [2.75, 3.05) is 32.4 Å². The van der Waals surface area contributed by atoms with Crippen molar-refractivity contribution in [3.63, 3.8) is 0 Å². The molecule has 0 heterocycles. The summed E-state index contributed by atoms with van der Waals surface area (Å²) in [6.45, 7) is 5.45. The van der Waals surface area contributed by atoms with E-state index in [-0.39, 0.29) is 18.4 Å². The molecule has 0 saturated carbocycles. The number of ether oxygens (including phenoxy) is 1. The maximum Gasteiger partial charge on any atom is 0.416 e. The van der Waals surface area contributed by atoms with Gasteiger partial charge in [-0.15, -0.1) is 0 Å². The SMILES string of the molecule is CCNC(=NCC(CC)Oc1cccc(C(F)(F)F)c1)NCCCNS(C)(=O)=O. The molecule has 1 aromatic carbocycles. The number of aliphatic imine (C=N–C) groups is 1. The van der Waals surface area contributed by atoms with Crippen LogP contribution in [0.2, 0.25) is 0 Å². The Hall–Kier alpha value is -2.01. The molecule has 1 rings (SSSR count). The molecule has 3 N–H and O–H groups in total. The third kappa shape index (κ3) is 10.9. The highest BCUT2D eigenvalue weighted by Gasteiger charge is 2.30. The monoisotopic (exact) mass is 438 g/mol. The summed E-state index contributed by atoms with van der Waals surface area (Å²) in [5.41, 5.74) is -0.758. The van der Waals surface area contributed by atoms with Gasteiger partial charge in [0.15, 0.2) is 5.96 Å². The quantitative estimate of drug-likeness (QED) is 0.280. The number of rotatable bonds is 11. The smallest absolute Gasteiger partial charge is 0.416 e. The predicted octanol–water partition coefficient (Wildman–Crippen LogP) is 2.36. The lowest BCUT2D eigenvalue weighted by atomic mass is 10.2. The van der Waals surface area contributed by atoms with Gasteiger partial charge in [-0.25, -0.2) is 18.1 Å². The van der Waals surface area contributed by atoms with Gasteiger partial charge in [0.05, 0.1) is 18.4 Å². The molecule has 1 unspecified atom stereocenters. The minimum Gasteiger partial charge on any atom is -0.488 e. The lowest BCUT2D eigenvalue weighted by Gasteiger charge is -2.18. The Bertz CT molecular complexity index is 755. The fourth-order valence-corrected chi connectivity index (χ4v) is 2.79. The minimum atomic E-state index is -4.42. The summed E-state index contributed by atoms with van der Waals surface area (Å²) < 4.78 is 68.6. The van der Waals surface area contributed by atoms with E-state index in [4.69, 9.17) is 4.74 Å². The molecule has 0 aromatic heterocycles. The Morgan fingerprint density at radius 2 is 1.93 bits per heavy atom. The maximum absolute atomic E-state index is 12.8. The first kappa shape index (κ1) is 25.0. The van der Waals surface area contributed by atoms with E-state index in [0.717, 1.165) is 18.4 Å². The topological polar surface area (TPSA) is 91.8 Å². The summed E-state index contributed by atoms with van der Waals surface area (Å²) in [7, 11) is -3.21. The second-order valence-corrected chi connectivity index (χ2v) is 8.17. The minimum absolute atomic E-state index is 0.145. The zero-order valence-electron chi connectivity index (χ0n) is 16.8. The van der Waals surface area contributed by atoms with Crippen LogP contribution in [0, 0.1) is 0 Å². The highest BCUT2D eigenvalue weighted by Crippen LogP contribution is 2.31. The second-order valence-electron chi connectivity index (χ2n) is 6.34. The van der Waals surface area contributed by atoms with Crippen LogP contribution in [0.5, 0.6) is 5.75 Å². The van der Waals surface area contributed by atoms with Crippen molar-refractivity contribution in [2.24, 2.45) is 4.99 Å². The van der Waals surface area contributed by atoms with Gasteiger partial charge in [-0.05, 0) is 38.0 Å². The van der Waals surface area contributed by atoms with Gasteiger partial charge in [0.25, 0.3) is 0 Å². The van der Waals surface area contributed by atoms with Crippen LogP contribution in [-0.2, 0) is 16.2 Å². The fourth-order valence-electron chi connectivity index (χ4n) is 2.28. The first-order valence-corrected chi connectivity index (χ1v) is 11.2. The summed E-state index contributed by atoms with van der Waals surface area (Å²) in [4.78, 5) is 4.41. The molecule has 0 aliphatic heterocycles. The first-order chi connectivity index (χ1) is 13.5. The van der Waals surface area contributed by atoms with E-state index < -0.39 is 21.8 Å². The van der Waals surface area contributed by atoms with Crippen molar-refractivity contribution in [2.45, 2.75) is 39.0 Å². The zero-order valence-corrected chi connectivity index (χ0v) is 17.7. The van der Waals surface area contributed by atoms with Crippen LogP contribution in [-0.4, -0.2) is 52.9 Å². The van der Waals surface area contributed by atoms with Crippen molar-refractivity contribution in [3.8, 4) is 5.75 Å². The molecule has 11 heteroatoms. The van der Waals surface area contributed by atoms with E-state index in [1.54, 1.807) is 0 Å². The summed E-state index contributed by atoms with van der Waals surface area (Å²) >= 11 is 0. The number of guanidine groups is 1. The molecule has 7 nitrogen and oxygen atoms in total. The van der Waals surface area contributed by atoms with E-state index in [1.807, 2.05) is 13.8 Å². The van der Waals surface area contributed by atoms with E-state index >= 15 is 0 Å². The molecule has 0 bridgehead atoms. The molecule has 0 fully saturated rings. The van der Waals surface area contributed by atoms with Crippen LogP contribution in [0.25, 0.3) is 0 Å². The third-order valence-corrected chi connectivity index (χ3v) is 4.46. The van der Waals surface area contributed by atoms with Gasteiger partial charge >= 0.3 is 6.18 Å². The number of hydrogen-bond acceptors (Lipinski definition) is 4. The van der Waals surface area contributed by atoms with Crippen molar-refractivity contribution >= 4 is 16.0 Å². The molecular formula is C18H29F3N4O3S. The van der Waals surface area contributed by atoms with Gasteiger partial charge in [-0.1, -0.05) is 13.0 Å². The first-order valence-electron chi connectivity index (χ1n) is 9.36.